The number of aliphatic hydroxyl groups excluding tert-OH is 5. The largest absolute Gasteiger partial charge is 0.506 e. The quantitative estimate of drug-likeness (QED) is 0.187. The normalized spacial score (nSPS) is 15.7. The third kappa shape index (κ3) is 4.15. The monoisotopic (exact) mass is 382 g/mol. The van der Waals surface area contributed by atoms with Crippen molar-refractivity contribution in [1.29, 1.82) is 0 Å². The van der Waals surface area contributed by atoms with Gasteiger partial charge in [-0.05, 0) is 12.1 Å². The van der Waals surface area contributed by atoms with Gasteiger partial charge in [-0.1, -0.05) is 12.7 Å². The molecule has 0 unspecified atom stereocenters. The number of ether oxygens (including phenoxy) is 1. The van der Waals surface area contributed by atoms with E-state index in [1.54, 1.807) is 0 Å². The number of hydrogen-bond acceptors (Lipinski definition) is 10. The van der Waals surface area contributed by atoms with Crippen molar-refractivity contribution in [3.63, 3.8) is 0 Å². The molecule has 0 aliphatic carbocycles. The first-order valence-corrected chi connectivity index (χ1v) is 7.68. The fraction of sp³-hybridized carbons (Fsp3) is 0.294. The van der Waals surface area contributed by atoms with Crippen LogP contribution in [0.25, 0.3) is 17.0 Å². The summed E-state index contributed by atoms with van der Waals surface area (Å²) in [5, 5.41) is 57.0. The van der Waals surface area contributed by atoms with Gasteiger partial charge in [0.1, 0.15) is 41.0 Å². The van der Waals surface area contributed by atoms with Crippen LogP contribution in [-0.4, -0.2) is 67.6 Å². The molecule has 10 nitrogen and oxygen atoms in total. The van der Waals surface area contributed by atoms with Crippen LogP contribution in [0.2, 0.25) is 0 Å². The van der Waals surface area contributed by atoms with Crippen LogP contribution < -0.4 is 10.4 Å². The lowest BCUT2D eigenvalue weighted by molar-refractivity contribution is -0.161. The van der Waals surface area contributed by atoms with Gasteiger partial charge in [0.25, 0.3) is 0 Å². The lowest BCUT2D eigenvalue weighted by atomic mass is 10.0. The van der Waals surface area contributed by atoms with Gasteiger partial charge in [-0.2, -0.15) is 0 Å². The summed E-state index contributed by atoms with van der Waals surface area (Å²) < 4.78 is 9.83. The van der Waals surface area contributed by atoms with E-state index in [0.717, 1.165) is 12.1 Å². The molecule has 0 saturated carbocycles. The lowest BCUT2D eigenvalue weighted by Gasteiger charge is -2.24. The van der Waals surface area contributed by atoms with Crippen molar-refractivity contribution in [2.75, 3.05) is 6.61 Å². The average molecular weight is 382 g/mol. The van der Waals surface area contributed by atoms with E-state index in [2.05, 4.69) is 6.58 Å². The van der Waals surface area contributed by atoms with Crippen molar-refractivity contribution in [2.24, 2.45) is 0 Å². The van der Waals surface area contributed by atoms with E-state index >= 15 is 0 Å². The maximum atomic E-state index is 11.9. The molecule has 146 valence electrons. The van der Waals surface area contributed by atoms with Gasteiger partial charge in [0, 0.05) is 6.07 Å². The molecule has 1 aromatic heterocycles. The molecule has 0 amide bonds. The molecule has 27 heavy (non-hydrogen) atoms. The molecule has 0 fully saturated rings. The Labute approximate surface area is 151 Å². The zero-order valence-electron chi connectivity index (χ0n) is 13.8. The highest BCUT2D eigenvalue weighted by Crippen LogP contribution is 2.29. The Bertz CT molecular complexity index is 902. The minimum Gasteiger partial charge on any atom is -0.506 e. The predicted molar refractivity (Wildman–Crippen MR) is 91.0 cm³/mol. The Balaban J connectivity index is 2.24. The number of benzene rings is 1. The number of carbonyl (C=O) groups excluding carboxylic acids is 1. The molecule has 0 saturated heterocycles. The van der Waals surface area contributed by atoms with Gasteiger partial charge in [-0.25, -0.2) is 9.59 Å². The summed E-state index contributed by atoms with van der Waals surface area (Å²) in [6.45, 7) is 2.49. The highest BCUT2D eigenvalue weighted by atomic mass is 16.6. The van der Waals surface area contributed by atoms with Gasteiger partial charge < -0.3 is 39.8 Å². The minimum absolute atomic E-state index is 0.112. The van der Waals surface area contributed by atoms with Crippen molar-refractivity contribution < 1.29 is 44.6 Å². The summed E-state index contributed by atoms with van der Waals surface area (Å²) in [5.74, 6) is -1.93. The smallest absolute Gasteiger partial charge is 0.347 e. The minimum atomic E-state index is -2.24. The number of esters is 1. The zero-order chi connectivity index (χ0) is 20.3. The van der Waals surface area contributed by atoms with Gasteiger partial charge >= 0.3 is 11.6 Å². The number of fused-ring (bicyclic) bond motifs is 1. The van der Waals surface area contributed by atoms with Crippen molar-refractivity contribution in [1.82, 2.24) is 0 Å². The fourth-order valence-corrected chi connectivity index (χ4v) is 2.26. The van der Waals surface area contributed by atoms with Gasteiger partial charge in [0.2, 0.25) is 0 Å². The van der Waals surface area contributed by atoms with Gasteiger partial charge in [0.05, 0.1) is 12.0 Å². The first kappa shape index (κ1) is 20.6. The molecule has 0 bridgehead atoms. The fourth-order valence-electron chi connectivity index (χ4n) is 2.26. The zero-order valence-corrected chi connectivity index (χ0v) is 13.8. The van der Waals surface area contributed by atoms with E-state index < -0.39 is 42.6 Å². The molecule has 2 rings (SSSR count). The maximum Gasteiger partial charge on any atom is 0.347 e. The average Bonchev–Trinajstić information content (AvgIpc) is 2.65. The summed E-state index contributed by atoms with van der Waals surface area (Å²) in [6.07, 6.45) is -7.02. The highest BCUT2D eigenvalue weighted by molar-refractivity contribution is 5.88. The molecular weight excluding hydrogens is 364 g/mol. The maximum absolute atomic E-state index is 11.9. The van der Waals surface area contributed by atoms with Crippen LogP contribution in [0.3, 0.4) is 0 Å². The van der Waals surface area contributed by atoms with Crippen LogP contribution in [0.4, 0.5) is 0 Å². The number of rotatable bonds is 7. The molecule has 1 heterocycles. The summed E-state index contributed by atoms with van der Waals surface area (Å²) in [6, 6.07) is 3.61. The first-order chi connectivity index (χ1) is 12.7. The molecule has 4 atom stereocenters. The molecule has 1 aromatic carbocycles. The SMILES string of the molecule is C=Cc1c(O)c2ccc(OC(=O)[C@H](O)[C@@H](O)[C@H](O)[C@H](O)CO)cc2oc1=O. The van der Waals surface area contributed by atoms with Crippen LogP contribution in [0.1, 0.15) is 5.56 Å². The Morgan fingerprint density at radius 1 is 1.22 bits per heavy atom. The van der Waals surface area contributed by atoms with Crippen LogP contribution >= 0.6 is 0 Å². The van der Waals surface area contributed by atoms with Gasteiger partial charge in [-0.15, -0.1) is 0 Å². The van der Waals surface area contributed by atoms with Crippen LogP contribution in [0, 0.1) is 0 Å². The molecule has 0 aliphatic rings. The number of aromatic hydroxyl groups is 1. The second-order valence-corrected chi connectivity index (χ2v) is 5.61. The number of hydrogen-bond donors (Lipinski definition) is 6. The molecular formula is C17H18O10. The molecule has 0 aliphatic heterocycles. The van der Waals surface area contributed by atoms with E-state index in [9.17, 15) is 35.1 Å². The molecule has 6 N–H and O–H groups in total. The predicted octanol–water partition coefficient (Wildman–Crippen LogP) is -1.52. The Hall–Kier alpha value is -2.76. The third-order valence-corrected chi connectivity index (χ3v) is 3.80. The van der Waals surface area contributed by atoms with Crippen LogP contribution in [0.15, 0.2) is 34.0 Å². The standard InChI is InChI=1S/C17H18O10/c1-2-8-12(20)9-4-3-7(5-11(9)27-16(8)24)26-17(25)15(23)14(22)13(21)10(19)6-18/h2-5,10,13-15,18-23H,1,6H2/t10-,13-,14+,15-/m1/s1. The lowest BCUT2D eigenvalue weighted by Crippen LogP contribution is -2.49. The van der Waals surface area contributed by atoms with Crippen molar-refractivity contribution in [2.45, 2.75) is 24.4 Å². The van der Waals surface area contributed by atoms with Gasteiger partial charge in [-0.3, -0.25) is 0 Å². The summed E-state index contributed by atoms with van der Waals surface area (Å²) >= 11 is 0. The number of aliphatic hydroxyl groups is 5. The van der Waals surface area contributed by atoms with Crippen LogP contribution in [0.5, 0.6) is 11.5 Å². The highest BCUT2D eigenvalue weighted by Gasteiger charge is 2.35. The summed E-state index contributed by atoms with van der Waals surface area (Å²) in [4.78, 5) is 23.6. The van der Waals surface area contributed by atoms with E-state index in [-0.39, 0.29) is 28.0 Å². The number of carbonyl (C=O) groups is 1. The second kappa shape index (κ2) is 8.29. The summed E-state index contributed by atoms with van der Waals surface area (Å²) in [7, 11) is 0. The van der Waals surface area contributed by atoms with Crippen molar-refractivity contribution >= 4 is 23.0 Å². The Morgan fingerprint density at radius 2 is 1.89 bits per heavy atom. The second-order valence-electron chi connectivity index (χ2n) is 5.61. The topological polar surface area (TPSA) is 178 Å². The van der Waals surface area contributed by atoms with Gasteiger partial charge in [0.15, 0.2) is 6.10 Å². The van der Waals surface area contributed by atoms with Crippen molar-refractivity contribution in [3.8, 4) is 11.5 Å². The van der Waals surface area contributed by atoms with E-state index in [0.29, 0.717) is 0 Å². The Kier molecular flexibility index (Phi) is 6.31. The first-order valence-electron chi connectivity index (χ1n) is 7.68. The van der Waals surface area contributed by atoms with E-state index in [1.807, 2.05) is 0 Å². The van der Waals surface area contributed by atoms with E-state index in [4.69, 9.17) is 14.3 Å². The van der Waals surface area contributed by atoms with Crippen LogP contribution in [-0.2, 0) is 4.79 Å². The molecule has 10 heteroatoms. The summed E-state index contributed by atoms with van der Waals surface area (Å²) in [5.41, 5.74) is -1.11. The molecule has 0 radical (unpaired) electrons. The Morgan fingerprint density at radius 3 is 2.48 bits per heavy atom. The molecule has 2 aromatic rings. The molecule has 0 spiro atoms. The third-order valence-electron chi connectivity index (χ3n) is 3.80. The van der Waals surface area contributed by atoms with E-state index in [1.165, 1.54) is 12.1 Å². The van der Waals surface area contributed by atoms with Crippen molar-refractivity contribution in [3.05, 3.63) is 40.8 Å².